The van der Waals surface area contributed by atoms with Crippen molar-refractivity contribution in [3.05, 3.63) is 57.1 Å². The molecule has 0 unspecified atom stereocenters. The van der Waals surface area contributed by atoms with Gasteiger partial charge in [-0.05, 0) is 78.4 Å². The summed E-state index contributed by atoms with van der Waals surface area (Å²) < 4.78 is 6.70. The van der Waals surface area contributed by atoms with Crippen molar-refractivity contribution in [2.75, 3.05) is 18.1 Å². The van der Waals surface area contributed by atoms with Crippen LogP contribution in [0.15, 0.2) is 34.8 Å². The van der Waals surface area contributed by atoms with Gasteiger partial charge in [-0.25, -0.2) is 0 Å². The van der Waals surface area contributed by atoms with Crippen molar-refractivity contribution in [2.45, 2.75) is 33.6 Å². The maximum Gasteiger partial charge on any atom is 0.299 e. The van der Waals surface area contributed by atoms with Crippen molar-refractivity contribution in [3.63, 3.8) is 0 Å². The van der Waals surface area contributed by atoms with Crippen LogP contribution in [-0.2, 0) is 4.79 Å². The Morgan fingerprint density at radius 2 is 1.73 bits per heavy atom. The summed E-state index contributed by atoms with van der Waals surface area (Å²) in [5, 5.41) is 0. The third-order valence-corrected chi connectivity index (χ3v) is 5.20. The number of carbonyl (C=O) groups excluding carboxylic acids is 2. The van der Waals surface area contributed by atoms with Crippen LogP contribution in [0.2, 0.25) is 0 Å². The molecule has 1 amide bonds. The third kappa shape index (κ3) is 3.54. The Labute approximate surface area is 162 Å². The van der Waals surface area contributed by atoms with Crippen molar-refractivity contribution >= 4 is 33.3 Å². The highest BCUT2D eigenvalue weighted by molar-refractivity contribution is 9.10. The average Bonchev–Trinajstić information content (AvgIpc) is 2.82. The lowest BCUT2D eigenvalue weighted by Crippen LogP contribution is -2.31. The Hall–Kier alpha value is -2.14. The quantitative estimate of drug-likeness (QED) is 0.504. The highest BCUT2D eigenvalue weighted by atomic mass is 79.9. The summed E-state index contributed by atoms with van der Waals surface area (Å²) in [6.07, 6.45) is 1.58. The lowest BCUT2D eigenvalue weighted by molar-refractivity contribution is -0.114. The van der Waals surface area contributed by atoms with Crippen molar-refractivity contribution in [2.24, 2.45) is 0 Å². The number of anilines is 1. The van der Waals surface area contributed by atoms with Crippen LogP contribution in [0.4, 0.5) is 5.69 Å². The van der Waals surface area contributed by atoms with E-state index in [2.05, 4.69) is 15.9 Å². The van der Waals surface area contributed by atoms with Gasteiger partial charge in [-0.2, -0.15) is 0 Å². The second-order valence-corrected chi connectivity index (χ2v) is 7.56. The summed E-state index contributed by atoms with van der Waals surface area (Å²) in [6, 6.07) is 9.80. The summed E-state index contributed by atoms with van der Waals surface area (Å²) in [6.45, 7) is 7.08. The van der Waals surface area contributed by atoms with Gasteiger partial charge in [0.15, 0.2) is 0 Å². The number of amides is 1. The number of nitrogens with zero attached hydrogens (tertiary/aromatic N) is 1. The number of Topliss-reactive ketones (excluding diaryl/α,β-unsaturated/α-hetero) is 1. The maximum atomic E-state index is 12.3. The summed E-state index contributed by atoms with van der Waals surface area (Å²) in [4.78, 5) is 26.1. The monoisotopic (exact) mass is 415 g/mol. The number of rotatable bonds is 6. The number of unbranched alkanes of at least 4 members (excludes halogenated alkanes) is 1. The molecule has 0 fully saturated rings. The number of benzene rings is 2. The van der Waals surface area contributed by atoms with Crippen molar-refractivity contribution in [1.29, 1.82) is 0 Å². The van der Waals surface area contributed by atoms with Gasteiger partial charge < -0.3 is 9.64 Å². The van der Waals surface area contributed by atoms with Crippen molar-refractivity contribution < 1.29 is 14.3 Å². The van der Waals surface area contributed by atoms with Crippen LogP contribution in [0.25, 0.3) is 0 Å². The number of ketones is 1. The van der Waals surface area contributed by atoms with Gasteiger partial charge in [0.25, 0.3) is 11.7 Å². The van der Waals surface area contributed by atoms with Crippen LogP contribution in [0.3, 0.4) is 0 Å². The number of aryl methyl sites for hydroxylation is 3. The molecule has 3 rings (SSSR count). The molecule has 0 aromatic heterocycles. The minimum absolute atomic E-state index is 0.420. The predicted molar refractivity (Wildman–Crippen MR) is 106 cm³/mol. The topological polar surface area (TPSA) is 46.6 Å². The van der Waals surface area contributed by atoms with Gasteiger partial charge in [0.05, 0.1) is 17.9 Å². The summed E-state index contributed by atoms with van der Waals surface area (Å²) in [5.41, 5.74) is 4.40. The second-order valence-electron chi connectivity index (χ2n) is 6.71. The minimum atomic E-state index is -0.443. The van der Waals surface area contributed by atoms with E-state index in [1.807, 2.05) is 45.0 Å². The number of halogens is 1. The minimum Gasteiger partial charge on any atom is -0.493 e. The first-order valence-corrected chi connectivity index (χ1v) is 9.55. The SMILES string of the molecule is Cc1cc(Br)c2c(c1)C(=O)C(=O)N2CCCCOc1c(C)cccc1C. The molecule has 26 heavy (non-hydrogen) atoms. The predicted octanol–water partition coefficient (Wildman–Crippen LogP) is 4.76. The summed E-state index contributed by atoms with van der Waals surface area (Å²) >= 11 is 3.49. The molecule has 2 aromatic rings. The molecule has 0 N–H and O–H groups in total. The molecule has 1 aliphatic heterocycles. The van der Waals surface area contributed by atoms with Crippen LogP contribution in [-0.4, -0.2) is 24.8 Å². The molecule has 0 atom stereocenters. The van der Waals surface area contributed by atoms with Gasteiger partial charge in [0.1, 0.15) is 5.75 Å². The fourth-order valence-electron chi connectivity index (χ4n) is 3.31. The first-order valence-electron chi connectivity index (χ1n) is 8.75. The Bertz CT molecular complexity index is 856. The van der Waals surface area contributed by atoms with Crippen LogP contribution in [0.5, 0.6) is 5.75 Å². The fourth-order valence-corrected chi connectivity index (χ4v) is 4.10. The molecule has 0 bridgehead atoms. The first-order chi connectivity index (χ1) is 12.4. The average molecular weight is 416 g/mol. The molecule has 0 saturated heterocycles. The summed E-state index contributed by atoms with van der Waals surface area (Å²) in [5.74, 6) is 0.0710. The Morgan fingerprint density at radius 1 is 1.04 bits per heavy atom. The Balaban J connectivity index is 1.60. The Kier molecular flexibility index (Phi) is 5.47. The van der Waals surface area contributed by atoms with E-state index in [0.29, 0.717) is 24.4 Å². The van der Waals surface area contributed by atoms with Crippen LogP contribution < -0.4 is 9.64 Å². The highest BCUT2D eigenvalue weighted by Crippen LogP contribution is 2.37. The fraction of sp³-hybridized carbons (Fsp3) is 0.333. The molecular weight excluding hydrogens is 394 g/mol. The third-order valence-electron chi connectivity index (χ3n) is 4.59. The van der Waals surface area contributed by atoms with E-state index in [1.165, 1.54) is 0 Å². The molecule has 0 aliphatic carbocycles. The summed E-state index contributed by atoms with van der Waals surface area (Å²) in [7, 11) is 0. The molecule has 1 heterocycles. The van der Waals surface area contributed by atoms with Gasteiger partial charge in [0, 0.05) is 11.0 Å². The number of carbonyl (C=O) groups is 2. The molecule has 0 radical (unpaired) electrons. The number of para-hydroxylation sites is 1. The number of fused-ring (bicyclic) bond motifs is 1. The van der Waals surface area contributed by atoms with Crippen LogP contribution in [0.1, 0.15) is 39.9 Å². The largest absolute Gasteiger partial charge is 0.493 e. The number of ether oxygens (including phenoxy) is 1. The molecule has 0 spiro atoms. The van der Waals surface area contributed by atoms with E-state index in [1.54, 1.807) is 11.0 Å². The van der Waals surface area contributed by atoms with E-state index in [9.17, 15) is 9.59 Å². The zero-order chi connectivity index (χ0) is 18.8. The highest BCUT2D eigenvalue weighted by Gasteiger charge is 2.37. The molecular formula is C21H22BrNO3. The van der Waals surface area contributed by atoms with E-state index in [0.717, 1.165) is 39.8 Å². The lowest BCUT2D eigenvalue weighted by atomic mass is 10.1. The van der Waals surface area contributed by atoms with Crippen molar-refractivity contribution in [1.82, 2.24) is 0 Å². The second kappa shape index (κ2) is 7.62. The lowest BCUT2D eigenvalue weighted by Gasteiger charge is -2.18. The van der Waals surface area contributed by atoms with E-state index >= 15 is 0 Å². The van der Waals surface area contributed by atoms with E-state index in [4.69, 9.17) is 4.74 Å². The van der Waals surface area contributed by atoms with Crippen molar-refractivity contribution in [3.8, 4) is 5.75 Å². The molecule has 0 saturated carbocycles. The zero-order valence-corrected chi connectivity index (χ0v) is 16.9. The standard InChI is InChI=1S/C21H22BrNO3/c1-13-11-16-18(17(22)12-13)23(21(25)19(16)24)9-4-5-10-26-20-14(2)7-6-8-15(20)3/h6-8,11-12H,4-5,9-10H2,1-3H3. The van der Waals surface area contributed by atoms with Gasteiger partial charge in [-0.15, -0.1) is 0 Å². The zero-order valence-electron chi connectivity index (χ0n) is 15.3. The van der Waals surface area contributed by atoms with Gasteiger partial charge >= 0.3 is 0 Å². The first kappa shape index (κ1) is 18.6. The number of hydrogen-bond acceptors (Lipinski definition) is 3. The maximum absolute atomic E-state index is 12.3. The Morgan fingerprint density at radius 3 is 2.42 bits per heavy atom. The van der Waals surface area contributed by atoms with Gasteiger partial charge in [-0.1, -0.05) is 18.2 Å². The molecule has 2 aromatic carbocycles. The molecule has 136 valence electrons. The molecule has 4 nitrogen and oxygen atoms in total. The van der Waals surface area contributed by atoms with E-state index < -0.39 is 11.7 Å². The van der Waals surface area contributed by atoms with Gasteiger partial charge in [-0.3, -0.25) is 9.59 Å². The van der Waals surface area contributed by atoms with Crippen LogP contribution >= 0.6 is 15.9 Å². The number of hydrogen-bond donors (Lipinski definition) is 0. The van der Waals surface area contributed by atoms with E-state index in [-0.39, 0.29) is 0 Å². The van der Waals surface area contributed by atoms with Gasteiger partial charge in [0.2, 0.25) is 0 Å². The molecule has 1 aliphatic rings. The smallest absolute Gasteiger partial charge is 0.299 e. The normalized spacial score (nSPS) is 13.3. The van der Waals surface area contributed by atoms with Crippen LogP contribution in [0, 0.1) is 20.8 Å². The molecule has 5 heteroatoms.